The van der Waals surface area contributed by atoms with Crippen molar-refractivity contribution in [3.8, 4) is 0 Å². The molecule has 0 saturated carbocycles. The van der Waals surface area contributed by atoms with Crippen molar-refractivity contribution in [3.63, 3.8) is 0 Å². The monoisotopic (exact) mass is 338 g/mol. The molecule has 0 bridgehead atoms. The van der Waals surface area contributed by atoms with E-state index >= 15 is 0 Å². The van der Waals surface area contributed by atoms with Crippen LogP contribution in [0, 0.1) is 0 Å². The standard InChI is InChI=1S/C21H26N2O2/c1-4-5-6-16-7-11-18(12-8-16)22-20(24)21(25)23-19-13-9-17(10-14-19)15(2)3/h7-15H,4-6H2,1-3H3,(H,22,24)(H,23,25). The van der Waals surface area contributed by atoms with Crippen molar-refractivity contribution in [1.82, 2.24) is 0 Å². The summed E-state index contributed by atoms with van der Waals surface area (Å²) in [5.74, 6) is -0.921. The maximum absolute atomic E-state index is 12.0. The van der Waals surface area contributed by atoms with Gasteiger partial charge in [0.05, 0.1) is 0 Å². The molecule has 2 rings (SSSR count). The first-order chi connectivity index (χ1) is 12.0. The van der Waals surface area contributed by atoms with Gasteiger partial charge < -0.3 is 10.6 Å². The first-order valence-corrected chi connectivity index (χ1v) is 8.81. The van der Waals surface area contributed by atoms with Gasteiger partial charge in [-0.2, -0.15) is 0 Å². The summed E-state index contributed by atoms with van der Waals surface area (Å²) in [6.07, 6.45) is 3.32. The summed E-state index contributed by atoms with van der Waals surface area (Å²) in [6.45, 7) is 6.37. The van der Waals surface area contributed by atoms with E-state index in [2.05, 4.69) is 31.4 Å². The Morgan fingerprint density at radius 3 is 1.76 bits per heavy atom. The van der Waals surface area contributed by atoms with E-state index in [0.29, 0.717) is 17.3 Å². The summed E-state index contributed by atoms with van der Waals surface area (Å²) in [5.41, 5.74) is 3.65. The average Bonchev–Trinajstić information content (AvgIpc) is 2.61. The Labute approximate surface area is 149 Å². The molecular formula is C21H26N2O2. The summed E-state index contributed by atoms with van der Waals surface area (Å²) in [6, 6.07) is 15.1. The zero-order valence-electron chi connectivity index (χ0n) is 15.1. The number of benzene rings is 2. The molecule has 25 heavy (non-hydrogen) atoms. The van der Waals surface area contributed by atoms with Gasteiger partial charge >= 0.3 is 11.8 Å². The minimum atomic E-state index is -0.674. The Morgan fingerprint density at radius 2 is 1.32 bits per heavy atom. The molecule has 2 N–H and O–H groups in total. The molecule has 2 aromatic carbocycles. The lowest BCUT2D eigenvalue weighted by Gasteiger charge is -2.09. The van der Waals surface area contributed by atoms with Gasteiger partial charge in [-0.15, -0.1) is 0 Å². The number of carbonyl (C=O) groups is 2. The number of unbranched alkanes of at least 4 members (excludes halogenated alkanes) is 1. The zero-order valence-corrected chi connectivity index (χ0v) is 15.1. The van der Waals surface area contributed by atoms with Crippen molar-refractivity contribution in [3.05, 3.63) is 59.7 Å². The molecule has 0 spiro atoms. The fourth-order valence-electron chi connectivity index (χ4n) is 2.46. The molecule has 0 heterocycles. The van der Waals surface area contributed by atoms with Crippen molar-refractivity contribution in [2.45, 2.75) is 46.0 Å². The van der Waals surface area contributed by atoms with E-state index in [1.165, 1.54) is 11.1 Å². The molecule has 0 unspecified atom stereocenters. The van der Waals surface area contributed by atoms with Gasteiger partial charge in [-0.1, -0.05) is 51.5 Å². The van der Waals surface area contributed by atoms with Gasteiger partial charge in [0.15, 0.2) is 0 Å². The molecule has 132 valence electrons. The Bertz CT molecular complexity index is 704. The van der Waals surface area contributed by atoms with Gasteiger partial charge in [-0.25, -0.2) is 0 Å². The predicted molar refractivity (Wildman–Crippen MR) is 103 cm³/mol. The summed E-state index contributed by atoms with van der Waals surface area (Å²) in [7, 11) is 0. The third-order valence-corrected chi connectivity index (χ3v) is 4.07. The Morgan fingerprint density at radius 1 is 0.840 bits per heavy atom. The molecule has 0 radical (unpaired) electrons. The number of amides is 2. The van der Waals surface area contributed by atoms with Crippen LogP contribution in [0.5, 0.6) is 0 Å². The lowest BCUT2D eigenvalue weighted by molar-refractivity contribution is -0.132. The van der Waals surface area contributed by atoms with E-state index in [-0.39, 0.29) is 0 Å². The van der Waals surface area contributed by atoms with Gasteiger partial charge in [0.25, 0.3) is 0 Å². The molecule has 2 amide bonds. The SMILES string of the molecule is CCCCc1ccc(NC(=O)C(=O)Nc2ccc(C(C)C)cc2)cc1. The number of hydrogen-bond acceptors (Lipinski definition) is 2. The van der Waals surface area contributed by atoms with Crippen LogP contribution in [0.1, 0.15) is 50.7 Å². The molecule has 0 aliphatic rings. The van der Waals surface area contributed by atoms with Crippen LogP contribution >= 0.6 is 0 Å². The lowest BCUT2D eigenvalue weighted by Crippen LogP contribution is -2.29. The highest BCUT2D eigenvalue weighted by molar-refractivity contribution is 6.43. The highest BCUT2D eigenvalue weighted by Crippen LogP contribution is 2.17. The van der Waals surface area contributed by atoms with Crippen LogP contribution in [0.2, 0.25) is 0 Å². The average molecular weight is 338 g/mol. The molecule has 4 heteroatoms. The van der Waals surface area contributed by atoms with Crippen LogP contribution in [0.4, 0.5) is 11.4 Å². The third-order valence-electron chi connectivity index (χ3n) is 4.07. The first kappa shape index (κ1) is 18.7. The summed E-state index contributed by atoms with van der Waals surface area (Å²) >= 11 is 0. The molecule has 2 aromatic rings. The van der Waals surface area contributed by atoms with E-state index in [1.54, 1.807) is 0 Å². The fraction of sp³-hybridized carbons (Fsp3) is 0.333. The Kier molecular flexibility index (Phi) is 6.75. The van der Waals surface area contributed by atoms with Crippen LogP contribution in [0.25, 0.3) is 0 Å². The van der Waals surface area contributed by atoms with Crippen molar-refractivity contribution in [1.29, 1.82) is 0 Å². The molecule has 0 saturated heterocycles. The maximum atomic E-state index is 12.0. The van der Waals surface area contributed by atoms with E-state index in [9.17, 15) is 9.59 Å². The fourth-order valence-corrected chi connectivity index (χ4v) is 2.46. The second-order valence-electron chi connectivity index (χ2n) is 6.49. The summed E-state index contributed by atoms with van der Waals surface area (Å²) in [5, 5.41) is 5.24. The molecule has 0 aromatic heterocycles. The van der Waals surface area contributed by atoms with Crippen molar-refractivity contribution in [2.75, 3.05) is 10.6 Å². The number of aryl methyl sites for hydroxylation is 1. The van der Waals surface area contributed by atoms with Crippen molar-refractivity contribution >= 4 is 23.2 Å². The molecular weight excluding hydrogens is 312 g/mol. The normalized spacial score (nSPS) is 10.6. The minimum absolute atomic E-state index is 0.424. The molecule has 0 aliphatic carbocycles. The smallest absolute Gasteiger partial charge is 0.314 e. The lowest BCUT2D eigenvalue weighted by atomic mass is 10.0. The number of carbonyl (C=O) groups excluding carboxylic acids is 2. The molecule has 0 aliphatic heterocycles. The van der Waals surface area contributed by atoms with Gasteiger partial charge in [0, 0.05) is 11.4 Å². The second kappa shape index (κ2) is 9.02. The van der Waals surface area contributed by atoms with E-state index < -0.39 is 11.8 Å². The van der Waals surface area contributed by atoms with E-state index in [4.69, 9.17) is 0 Å². The molecule has 0 fully saturated rings. The zero-order chi connectivity index (χ0) is 18.2. The van der Waals surface area contributed by atoms with Crippen LogP contribution in [0.15, 0.2) is 48.5 Å². The second-order valence-corrected chi connectivity index (χ2v) is 6.49. The number of anilines is 2. The quantitative estimate of drug-likeness (QED) is 0.748. The molecule has 4 nitrogen and oxygen atoms in total. The van der Waals surface area contributed by atoms with Gasteiger partial charge in [0.1, 0.15) is 0 Å². The Hall–Kier alpha value is -2.62. The van der Waals surface area contributed by atoms with Crippen LogP contribution < -0.4 is 10.6 Å². The van der Waals surface area contributed by atoms with Gasteiger partial charge in [0.2, 0.25) is 0 Å². The van der Waals surface area contributed by atoms with Crippen LogP contribution in [-0.4, -0.2) is 11.8 Å². The van der Waals surface area contributed by atoms with Gasteiger partial charge in [-0.3, -0.25) is 9.59 Å². The number of hydrogen-bond donors (Lipinski definition) is 2. The minimum Gasteiger partial charge on any atom is -0.318 e. The topological polar surface area (TPSA) is 58.2 Å². The van der Waals surface area contributed by atoms with Gasteiger partial charge in [-0.05, 0) is 54.2 Å². The Balaban J connectivity index is 1.90. The largest absolute Gasteiger partial charge is 0.318 e. The highest BCUT2D eigenvalue weighted by Gasteiger charge is 2.14. The predicted octanol–water partition coefficient (Wildman–Crippen LogP) is 4.73. The molecule has 0 atom stereocenters. The third kappa shape index (κ3) is 5.75. The number of rotatable bonds is 6. The highest BCUT2D eigenvalue weighted by atomic mass is 16.2. The van der Waals surface area contributed by atoms with Crippen molar-refractivity contribution < 1.29 is 9.59 Å². The summed E-state index contributed by atoms with van der Waals surface area (Å²) in [4.78, 5) is 24.0. The maximum Gasteiger partial charge on any atom is 0.314 e. The van der Waals surface area contributed by atoms with E-state index in [0.717, 1.165) is 19.3 Å². The number of nitrogens with one attached hydrogen (secondary N) is 2. The first-order valence-electron chi connectivity index (χ1n) is 8.81. The van der Waals surface area contributed by atoms with Crippen LogP contribution in [-0.2, 0) is 16.0 Å². The summed E-state index contributed by atoms with van der Waals surface area (Å²) < 4.78 is 0. The van der Waals surface area contributed by atoms with E-state index in [1.807, 2.05) is 48.5 Å². The van der Waals surface area contributed by atoms with Crippen molar-refractivity contribution in [2.24, 2.45) is 0 Å². The van der Waals surface area contributed by atoms with Crippen LogP contribution in [0.3, 0.4) is 0 Å².